The summed E-state index contributed by atoms with van der Waals surface area (Å²) in [6, 6.07) is 6.99. The summed E-state index contributed by atoms with van der Waals surface area (Å²) in [5.74, 6) is -0.319. The summed E-state index contributed by atoms with van der Waals surface area (Å²) < 4.78 is 5.34. The van der Waals surface area contributed by atoms with Gasteiger partial charge in [0.2, 0.25) is 0 Å². The van der Waals surface area contributed by atoms with Crippen molar-refractivity contribution in [3.8, 4) is 5.75 Å². The lowest BCUT2D eigenvalue weighted by molar-refractivity contribution is -0.143. The van der Waals surface area contributed by atoms with Gasteiger partial charge in [0.05, 0.1) is 6.61 Å². The van der Waals surface area contributed by atoms with Gasteiger partial charge in [0.25, 0.3) is 0 Å². The molecule has 0 aromatic heterocycles. The number of benzene rings is 1. The Morgan fingerprint density at radius 1 is 1.05 bits per heavy atom. The number of carbonyl (C=O) groups is 2. The molecule has 1 N–H and O–H groups in total. The number of ether oxygens (including phenoxy) is 1. The van der Waals surface area contributed by atoms with Crippen LogP contribution in [0, 0.1) is 0 Å². The van der Waals surface area contributed by atoms with Gasteiger partial charge in [-0.2, -0.15) is 0 Å². The number of anilines is 1. The molecule has 2 amide bonds. The molecule has 0 saturated heterocycles. The van der Waals surface area contributed by atoms with E-state index >= 15 is 0 Å². The molecule has 5 nitrogen and oxygen atoms in total. The third-order valence-corrected chi connectivity index (χ3v) is 3.18. The molecule has 0 spiro atoms. The Morgan fingerprint density at radius 2 is 1.73 bits per heavy atom. The van der Waals surface area contributed by atoms with E-state index in [1.54, 1.807) is 29.2 Å². The molecule has 1 aromatic rings. The van der Waals surface area contributed by atoms with Crippen LogP contribution in [0.15, 0.2) is 24.3 Å². The van der Waals surface area contributed by atoms with Gasteiger partial charge in [0.15, 0.2) is 0 Å². The molecule has 0 radical (unpaired) electrons. The highest BCUT2D eigenvalue weighted by Crippen LogP contribution is 2.15. The van der Waals surface area contributed by atoms with Gasteiger partial charge >= 0.3 is 11.8 Å². The average Bonchev–Trinajstić information content (AvgIpc) is 2.53. The monoisotopic (exact) mass is 306 g/mol. The highest BCUT2D eigenvalue weighted by atomic mass is 16.5. The van der Waals surface area contributed by atoms with Crippen LogP contribution < -0.4 is 10.1 Å². The van der Waals surface area contributed by atoms with Crippen molar-refractivity contribution in [3.05, 3.63) is 24.3 Å². The van der Waals surface area contributed by atoms with E-state index in [1.807, 2.05) is 13.8 Å². The second-order valence-corrected chi connectivity index (χ2v) is 5.06. The molecule has 0 heterocycles. The van der Waals surface area contributed by atoms with E-state index in [1.165, 1.54) is 0 Å². The van der Waals surface area contributed by atoms with Crippen LogP contribution in [0.3, 0.4) is 0 Å². The van der Waals surface area contributed by atoms with E-state index < -0.39 is 11.8 Å². The van der Waals surface area contributed by atoms with Crippen molar-refractivity contribution < 1.29 is 14.3 Å². The van der Waals surface area contributed by atoms with Gasteiger partial charge in [0.1, 0.15) is 5.75 Å². The SMILES string of the molecule is CCCCN(CCC)C(=O)C(=O)Nc1ccc(OCC)cc1. The van der Waals surface area contributed by atoms with Crippen molar-refractivity contribution >= 4 is 17.5 Å². The van der Waals surface area contributed by atoms with E-state index in [0.29, 0.717) is 25.4 Å². The molecule has 1 aromatic carbocycles. The van der Waals surface area contributed by atoms with Crippen LogP contribution in [0.5, 0.6) is 5.75 Å². The van der Waals surface area contributed by atoms with Crippen LogP contribution >= 0.6 is 0 Å². The second kappa shape index (κ2) is 9.82. The standard InChI is InChI=1S/C17H26N2O3/c1-4-7-13-19(12-5-2)17(21)16(20)18-14-8-10-15(11-9-14)22-6-3/h8-11H,4-7,12-13H2,1-3H3,(H,18,20). The maximum Gasteiger partial charge on any atom is 0.313 e. The van der Waals surface area contributed by atoms with Crippen LogP contribution in [0.2, 0.25) is 0 Å². The molecule has 1 rings (SSSR count). The van der Waals surface area contributed by atoms with Crippen molar-refractivity contribution in [2.75, 3.05) is 25.0 Å². The third kappa shape index (κ3) is 5.76. The number of nitrogens with one attached hydrogen (secondary N) is 1. The second-order valence-electron chi connectivity index (χ2n) is 5.06. The minimum Gasteiger partial charge on any atom is -0.494 e. The Morgan fingerprint density at radius 3 is 2.27 bits per heavy atom. The smallest absolute Gasteiger partial charge is 0.313 e. The zero-order chi connectivity index (χ0) is 16.4. The van der Waals surface area contributed by atoms with Crippen LogP contribution in [0.4, 0.5) is 5.69 Å². The Hall–Kier alpha value is -2.04. The fourth-order valence-corrected chi connectivity index (χ4v) is 2.06. The molecular weight excluding hydrogens is 280 g/mol. The Bertz CT molecular complexity index is 471. The molecule has 0 aliphatic carbocycles. The predicted molar refractivity (Wildman–Crippen MR) is 88.0 cm³/mol. The van der Waals surface area contributed by atoms with Gasteiger partial charge < -0.3 is 15.0 Å². The summed E-state index contributed by atoms with van der Waals surface area (Å²) in [6.45, 7) is 7.79. The van der Waals surface area contributed by atoms with Gasteiger partial charge in [-0.15, -0.1) is 0 Å². The van der Waals surface area contributed by atoms with Crippen molar-refractivity contribution in [1.29, 1.82) is 0 Å². The summed E-state index contributed by atoms with van der Waals surface area (Å²) in [5.41, 5.74) is 0.591. The minimum atomic E-state index is -0.589. The Labute approximate surface area is 132 Å². The maximum atomic E-state index is 12.2. The first kappa shape index (κ1) is 18.0. The van der Waals surface area contributed by atoms with Gasteiger partial charge in [-0.25, -0.2) is 0 Å². The Balaban J connectivity index is 2.62. The van der Waals surface area contributed by atoms with E-state index in [0.717, 1.165) is 25.0 Å². The molecule has 0 fully saturated rings. The first-order valence-electron chi connectivity index (χ1n) is 7.95. The number of amides is 2. The van der Waals surface area contributed by atoms with Gasteiger partial charge in [-0.3, -0.25) is 9.59 Å². The minimum absolute atomic E-state index is 0.468. The normalized spacial score (nSPS) is 10.1. The topological polar surface area (TPSA) is 58.6 Å². The number of unbranched alkanes of at least 4 members (excludes halogenated alkanes) is 1. The lowest BCUT2D eigenvalue weighted by atomic mass is 10.2. The zero-order valence-electron chi connectivity index (χ0n) is 13.7. The molecule has 0 aliphatic heterocycles. The fourth-order valence-electron chi connectivity index (χ4n) is 2.06. The van der Waals surface area contributed by atoms with Gasteiger partial charge in [0, 0.05) is 18.8 Å². The van der Waals surface area contributed by atoms with E-state index in [9.17, 15) is 9.59 Å². The van der Waals surface area contributed by atoms with Crippen LogP contribution in [0.25, 0.3) is 0 Å². The largest absolute Gasteiger partial charge is 0.494 e. The van der Waals surface area contributed by atoms with Crippen molar-refractivity contribution in [1.82, 2.24) is 4.90 Å². The summed E-state index contributed by atoms with van der Waals surface area (Å²) in [6.07, 6.45) is 2.74. The molecule has 0 aliphatic rings. The molecule has 22 heavy (non-hydrogen) atoms. The molecule has 5 heteroatoms. The molecule has 0 atom stereocenters. The van der Waals surface area contributed by atoms with E-state index in [-0.39, 0.29) is 0 Å². The number of hydrogen-bond donors (Lipinski definition) is 1. The van der Waals surface area contributed by atoms with Gasteiger partial charge in [-0.1, -0.05) is 20.3 Å². The lowest BCUT2D eigenvalue weighted by Gasteiger charge is -2.21. The summed E-state index contributed by atoms with van der Waals surface area (Å²) in [7, 11) is 0. The van der Waals surface area contributed by atoms with E-state index in [2.05, 4.69) is 12.2 Å². The Kier molecular flexibility index (Phi) is 8.04. The molecule has 122 valence electrons. The maximum absolute atomic E-state index is 12.2. The number of hydrogen-bond acceptors (Lipinski definition) is 3. The van der Waals surface area contributed by atoms with Crippen LogP contribution in [-0.4, -0.2) is 36.4 Å². The quantitative estimate of drug-likeness (QED) is 0.751. The van der Waals surface area contributed by atoms with E-state index in [4.69, 9.17) is 4.74 Å². The third-order valence-electron chi connectivity index (χ3n) is 3.18. The zero-order valence-corrected chi connectivity index (χ0v) is 13.7. The number of rotatable bonds is 8. The predicted octanol–water partition coefficient (Wildman–Crippen LogP) is 3.06. The summed E-state index contributed by atoms with van der Waals surface area (Å²) >= 11 is 0. The molecular formula is C17H26N2O3. The fraction of sp³-hybridized carbons (Fsp3) is 0.529. The lowest BCUT2D eigenvalue weighted by Crippen LogP contribution is -2.40. The molecule has 0 unspecified atom stereocenters. The summed E-state index contributed by atoms with van der Waals surface area (Å²) in [4.78, 5) is 25.9. The first-order valence-corrected chi connectivity index (χ1v) is 7.95. The molecule has 0 bridgehead atoms. The van der Waals surface area contributed by atoms with Gasteiger partial charge in [-0.05, 0) is 44.0 Å². The van der Waals surface area contributed by atoms with Crippen LogP contribution in [-0.2, 0) is 9.59 Å². The van der Waals surface area contributed by atoms with Crippen molar-refractivity contribution in [3.63, 3.8) is 0 Å². The first-order chi connectivity index (χ1) is 10.6. The summed E-state index contributed by atoms with van der Waals surface area (Å²) in [5, 5.41) is 2.64. The highest BCUT2D eigenvalue weighted by Gasteiger charge is 2.20. The highest BCUT2D eigenvalue weighted by molar-refractivity contribution is 6.39. The number of nitrogens with zero attached hydrogens (tertiary/aromatic N) is 1. The van der Waals surface area contributed by atoms with Crippen molar-refractivity contribution in [2.24, 2.45) is 0 Å². The molecule has 0 saturated carbocycles. The van der Waals surface area contributed by atoms with Crippen molar-refractivity contribution in [2.45, 2.75) is 40.0 Å². The number of carbonyl (C=O) groups excluding carboxylic acids is 2. The average molecular weight is 306 g/mol. The van der Waals surface area contributed by atoms with Crippen LogP contribution in [0.1, 0.15) is 40.0 Å².